The van der Waals surface area contributed by atoms with E-state index in [2.05, 4.69) is 18.7 Å². The van der Waals surface area contributed by atoms with Crippen LogP contribution in [0, 0.1) is 11.8 Å². The number of methoxy groups -OCH3 is 2. The monoisotopic (exact) mass is 307 g/mol. The fourth-order valence-corrected chi connectivity index (χ4v) is 2.97. The van der Waals surface area contributed by atoms with Crippen molar-refractivity contribution < 1.29 is 14.2 Å². The molecule has 2 rings (SSSR count). The van der Waals surface area contributed by atoms with Gasteiger partial charge < -0.3 is 19.1 Å². The van der Waals surface area contributed by atoms with Gasteiger partial charge in [-0.25, -0.2) is 0 Å². The van der Waals surface area contributed by atoms with E-state index in [0.29, 0.717) is 12.4 Å². The molecular weight excluding hydrogens is 278 g/mol. The maximum Gasteiger partial charge on any atom is 0.203 e. The summed E-state index contributed by atoms with van der Waals surface area (Å²) in [5, 5.41) is 0. The van der Waals surface area contributed by atoms with Crippen molar-refractivity contribution in [1.82, 2.24) is 4.90 Å². The van der Waals surface area contributed by atoms with Crippen LogP contribution < -0.4 is 14.2 Å². The van der Waals surface area contributed by atoms with E-state index in [-0.39, 0.29) is 0 Å². The molecule has 1 saturated heterocycles. The van der Waals surface area contributed by atoms with Crippen molar-refractivity contribution in [2.75, 3.05) is 40.5 Å². The first-order valence-corrected chi connectivity index (χ1v) is 8.21. The smallest absolute Gasteiger partial charge is 0.203 e. The summed E-state index contributed by atoms with van der Waals surface area (Å²) in [5.74, 6) is 3.79. The zero-order chi connectivity index (χ0) is 15.9. The lowest BCUT2D eigenvalue weighted by atomic mass is 9.89. The molecule has 0 aromatic heterocycles. The van der Waals surface area contributed by atoms with Gasteiger partial charge in [0.1, 0.15) is 0 Å². The highest BCUT2D eigenvalue weighted by molar-refractivity contribution is 5.51. The van der Waals surface area contributed by atoms with Gasteiger partial charge in [0.2, 0.25) is 5.75 Å². The number of benzene rings is 1. The van der Waals surface area contributed by atoms with E-state index < -0.39 is 0 Å². The number of rotatable bonds is 7. The molecular formula is C18H29NO3. The Morgan fingerprint density at radius 1 is 1.09 bits per heavy atom. The Kier molecular flexibility index (Phi) is 6.37. The number of nitrogens with zero attached hydrogens (tertiary/aromatic N) is 1. The zero-order valence-corrected chi connectivity index (χ0v) is 14.3. The Labute approximate surface area is 134 Å². The Hall–Kier alpha value is -1.42. The number of likely N-dealkylation sites (tertiary alicyclic amines) is 1. The molecule has 124 valence electrons. The molecule has 1 heterocycles. The predicted molar refractivity (Wildman–Crippen MR) is 89.0 cm³/mol. The van der Waals surface area contributed by atoms with Gasteiger partial charge in [0.05, 0.1) is 20.8 Å². The lowest BCUT2D eigenvalue weighted by Gasteiger charge is -2.35. The fraction of sp³-hybridized carbons (Fsp3) is 0.667. The highest BCUT2D eigenvalue weighted by Gasteiger charge is 2.22. The normalized spacial score (nSPS) is 22.4. The first kappa shape index (κ1) is 16.9. The molecule has 0 N–H and O–H groups in total. The van der Waals surface area contributed by atoms with Gasteiger partial charge in [0.15, 0.2) is 11.5 Å². The quantitative estimate of drug-likeness (QED) is 0.722. The molecule has 0 bridgehead atoms. The van der Waals surface area contributed by atoms with Crippen LogP contribution in [0.2, 0.25) is 0 Å². The van der Waals surface area contributed by atoms with Gasteiger partial charge >= 0.3 is 0 Å². The number of ether oxygens (including phenoxy) is 3. The van der Waals surface area contributed by atoms with E-state index in [1.54, 1.807) is 14.2 Å². The van der Waals surface area contributed by atoms with Crippen LogP contribution in [0.1, 0.15) is 26.7 Å². The Morgan fingerprint density at radius 3 is 2.36 bits per heavy atom. The minimum Gasteiger partial charge on any atom is -0.493 e. The molecule has 0 amide bonds. The van der Waals surface area contributed by atoms with E-state index in [1.165, 1.54) is 19.5 Å². The van der Waals surface area contributed by atoms with Crippen LogP contribution in [0.4, 0.5) is 0 Å². The van der Waals surface area contributed by atoms with E-state index in [4.69, 9.17) is 14.2 Å². The van der Waals surface area contributed by atoms with Crippen molar-refractivity contribution in [3.8, 4) is 17.2 Å². The molecule has 4 nitrogen and oxygen atoms in total. The summed E-state index contributed by atoms with van der Waals surface area (Å²) in [6.07, 6.45) is 2.32. The molecule has 0 spiro atoms. The van der Waals surface area contributed by atoms with E-state index in [0.717, 1.165) is 36.3 Å². The predicted octanol–water partition coefficient (Wildman–Crippen LogP) is 3.45. The summed E-state index contributed by atoms with van der Waals surface area (Å²) in [6.45, 7) is 8.90. The summed E-state index contributed by atoms with van der Waals surface area (Å²) in [7, 11) is 3.30. The van der Waals surface area contributed by atoms with Gasteiger partial charge in [-0.3, -0.25) is 0 Å². The van der Waals surface area contributed by atoms with Gasteiger partial charge in [-0.2, -0.15) is 0 Å². The van der Waals surface area contributed by atoms with Crippen molar-refractivity contribution in [2.45, 2.75) is 26.7 Å². The van der Waals surface area contributed by atoms with Gasteiger partial charge in [0.25, 0.3) is 0 Å². The van der Waals surface area contributed by atoms with Gasteiger partial charge in [0, 0.05) is 13.1 Å². The first-order valence-electron chi connectivity index (χ1n) is 8.21. The zero-order valence-electron chi connectivity index (χ0n) is 14.3. The van der Waals surface area contributed by atoms with Gasteiger partial charge in [-0.05, 0) is 43.4 Å². The molecule has 0 aliphatic carbocycles. The van der Waals surface area contributed by atoms with Crippen molar-refractivity contribution in [3.63, 3.8) is 0 Å². The summed E-state index contributed by atoms with van der Waals surface area (Å²) >= 11 is 0. The fourth-order valence-electron chi connectivity index (χ4n) is 2.97. The maximum absolute atomic E-state index is 5.91. The minimum atomic E-state index is 0.678. The molecule has 1 aromatic carbocycles. The third-order valence-electron chi connectivity index (χ3n) is 4.67. The van der Waals surface area contributed by atoms with Crippen LogP contribution in [0.3, 0.4) is 0 Å². The third-order valence-corrected chi connectivity index (χ3v) is 4.67. The SMILES string of the molecule is COc1cccc(OC)c1OCCCN1CCC(C)C(C)C1. The Morgan fingerprint density at radius 2 is 1.77 bits per heavy atom. The van der Waals surface area contributed by atoms with E-state index >= 15 is 0 Å². The van der Waals surface area contributed by atoms with Crippen LogP contribution >= 0.6 is 0 Å². The van der Waals surface area contributed by atoms with Gasteiger partial charge in [-0.15, -0.1) is 0 Å². The number of piperidine rings is 1. The van der Waals surface area contributed by atoms with Crippen LogP contribution in [0.15, 0.2) is 18.2 Å². The second-order valence-corrected chi connectivity index (χ2v) is 6.24. The topological polar surface area (TPSA) is 30.9 Å². The van der Waals surface area contributed by atoms with Crippen molar-refractivity contribution >= 4 is 0 Å². The molecule has 0 radical (unpaired) electrons. The Bertz CT molecular complexity index is 441. The summed E-state index contributed by atoms with van der Waals surface area (Å²) in [6, 6.07) is 5.69. The second kappa shape index (κ2) is 8.28. The molecule has 4 heteroatoms. The molecule has 0 saturated carbocycles. The lowest BCUT2D eigenvalue weighted by Crippen LogP contribution is -2.39. The van der Waals surface area contributed by atoms with Crippen LogP contribution in [0.5, 0.6) is 17.2 Å². The van der Waals surface area contributed by atoms with Crippen molar-refractivity contribution in [3.05, 3.63) is 18.2 Å². The average molecular weight is 307 g/mol. The summed E-state index contributed by atoms with van der Waals surface area (Å²) in [4.78, 5) is 2.55. The van der Waals surface area contributed by atoms with Crippen LogP contribution in [-0.2, 0) is 0 Å². The first-order chi connectivity index (χ1) is 10.7. The highest BCUT2D eigenvalue weighted by Crippen LogP contribution is 2.36. The molecule has 1 aliphatic heterocycles. The molecule has 1 aromatic rings. The van der Waals surface area contributed by atoms with Gasteiger partial charge in [-0.1, -0.05) is 19.9 Å². The molecule has 22 heavy (non-hydrogen) atoms. The van der Waals surface area contributed by atoms with E-state index in [1.807, 2.05) is 18.2 Å². The average Bonchev–Trinajstić information content (AvgIpc) is 2.54. The second-order valence-electron chi connectivity index (χ2n) is 6.24. The molecule has 1 fully saturated rings. The molecule has 2 unspecified atom stereocenters. The van der Waals surface area contributed by atoms with Crippen molar-refractivity contribution in [1.29, 1.82) is 0 Å². The minimum absolute atomic E-state index is 0.678. The van der Waals surface area contributed by atoms with Crippen molar-refractivity contribution in [2.24, 2.45) is 11.8 Å². The summed E-state index contributed by atoms with van der Waals surface area (Å²) < 4.78 is 16.6. The number of hydrogen-bond acceptors (Lipinski definition) is 4. The lowest BCUT2D eigenvalue weighted by molar-refractivity contribution is 0.130. The maximum atomic E-state index is 5.91. The largest absolute Gasteiger partial charge is 0.493 e. The van der Waals surface area contributed by atoms with Crippen LogP contribution in [0.25, 0.3) is 0 Å². The summed E-state index contributed by atoms with van der Waals surface area (Å²) in [5.41, 5.74) is 0. The number of hydrogen-bond donors (Lipinski definition) is 0. The number of para-hydroxylation sites is 1. The van der Waals surface area contributed by atoms with Crippen LogP contribution in [-0.4, -0.2) is 45.4 Å². The molecule has 2 atom stereocenters. The highest BCUT2D eigenvalue weighted by atomic mass is 16.5. The Balaban J connectivity index is 1.79. The molecule has 1 aliphatic rings. The van der Waals surface area contributed by atoms with E-state index in [9.17, 15) is 0 Å². The third kappa shape index (κ3) is 4.29. The standard InChI is InChI=1S/C18H29NO3/c1-14-9-11-19(13-15(14)2)10-6-12-22-18-16(20-3)7-5-8-17(18)21-4/h5,7-8,14-15H,6,9-13H2,1-4H3.